The Morgan fingerprint density at radius 2 is 1.89 bits per heavy atom. The van der Waals surface area contributed by atoms with Crippen LogP contribution in [0.4, 0.5) is 0 Å². The average molecular weight is 417 g/mol. The van der Waals surface area contributed by atoms with Crippen molar-refractivity contribution in [3.8, 4) is 11.4 Å². The highest BCUT2D eigenvalue weighted by Crippen LogP contribution is 2.28. The van der Waals surface area contributed by atoms with Gasteiger partial charge in [-0.1, -0.05) is 23.7 Å². The summed E-state index contributed by atoms with van der Waals surface area (Å²) in [5.74, 6) is 1.49. The quantitative estimate of drug-likeness (QED) is 0.687. The minimum atomic E-state index is 0.387. The number of thioether (sulfide) groups is 1. The number of nitrogens with zero attached hydrogens (tertiary/aromatic N) is 5. The largest absolute Gasteiger partial charge is 0.335 e. The van der Waals surface area contributed by atoms with Crippen LogP contribution in [0.1, 0.15) is 11.5 Å². The van der Waals surface area contributed by atoms with Gasteiger partial charge in [-0.2, -0.15) is 0 Å². The van der Waals surface area contributed by atoms with E-state index in [2.05, 4.69) is 33.1 Å². The molecule has 1 unspecified atom stereocenters. The summed E-state index contributed by atoms with van der Waals surface area (Å²) in [6.45, 7) is 6.31. The third-order valence-electron chi connectivity index (χ3n) is 5.25. The van der Waals surface area contributed by atoms with Crippen molar-refractivity contribution < 1.29 is 0 Å². The maximum absolute atomic E-state index is 6.37. The molecule has 6 nitrogen and oxygen atoms in total. The standard InChI is InChI=1S/C20H25ClN6S/c1-13-22-16(12-17(28-3)27-10-8-26(2)9-11-27)18-20(23-13)25-19(24-18)14-6-4-5-7-15(14)21/h4-7,17H,8-12H2,1-3H3,(H,22,23,24,25). The highest BCUT2D eigenvalue weighted by Gasteiger charge is 2.24. The van der Waals surface area contributed by atoms with Crippen LogP contribution >= 0.6 is 23.4 Å². The number of hydrogen-bond donors (Lipinski definition) is 1. The Balaban J connectivity index is 1.67. The van der Waals surface area contributed by atoms with E-state index in [9.17, 15) is 0 Å². The van der Waals surface area contributed by atoms with Gasteiger partial charge in [-0.3, -0.25) is 4.90 Å². The Labute approximate surface area is 174 Å². The van der Waals surface area contributed by atoms with Crippen LogP contribution in [-0.2, 0) is 6.42 Å². The van der Waals surface area contributed by atoms with Crippen LogP contribution in [0.15, 0.2) is 24.3 Å². The Bertz CT molecular complexity index is 966. The lowest BCUT2D eigenvalue weighted by Crippen LogP contribution is -2.48. The number of halogens is 1. The van der Waals surface area contributed by atoms with Crippen LogP contribution in [0.3, 0.4) is 0 Å². The third kappa shape index (κ3) is 4.03. The van der Waals surface area contributed by atoms with Gasteiger partial charge in [0, 0.05) is 38.2 Å². The van der Waals surface area contributed by atoms with Crippen molar-refractivity contribution in [1.82, 2.24) is 29.7 Å². The predicted molar refractivity (Wildman–Crippen MR) is 117 cm³/mol. The zero-order valence-electron chi connectivity index (χ0n) is 16.4. The summed E-state index contributed by atoms with van der Waals surface area (Å²) in [6.07, 6.45) is 3.03. The molecule has 1 N–H and O–H groups in total. The first-order valence-electron chi connectivity index (χ1n) is 9.48. The first-order chi connectivity index (χ1) is 13.5. The molecular weight excluding hydrogens is 392 g/mol. The molecule has 28 heavy (non-hydrogen) atoms. The fourth-order valence-corrected chi connectivity index (χ4v) is 4.70. The number of fused-ring (bicyclic) bond motifs is 1. The van der Waals surface area contributed by atoms with E-state index in [0.717, 1.165) is 61.0 Å². The Morgan fingerprint density at radius 1 is 1.14 bits per heavy atom. The van der Waals surface area contributed by atoms with E-state index in [4.69, 9.17) is 21.6 Å². The molecule has 1 aromatic carbocycles. The number of H-pyrrole nitrogens is 1. The van der Waals surface area contributed by atoms with E-state index in [-0.39, 0.29) is 0 Å². The molecule has 0 amide bonds. The number of nitrogens with one attached hydrogen (secondary N) is 1. The van der Waals surface area contributed by atoms with Crippen LogP contribution in [0, 0.1) is 6.92 Å². The van der Waals surface area contributed by atoms with E-state index >= 15 is 0 Å². The molecule has 1 aliphatic rings. The van der Waals surface area contributed by atoms with Crippen LogP contribution in [0.2, 0.25) is 5.02 Å². The van der Waals surface area contributed by atoms with Crippen molar-refractivity contribution in [2.24, 2.45) is 0 Å². The maximum Gasteiger partial charge on any atom is 0.181 e. The van der Waals surface area contributed by atoms with E-state index in [1.54, 1.807) is 0 Å². The van der Waals surface area contributed by atoms with E-state index in [0.29, 0.717) is 16.0 Å². The van der Waals surface area contributed by atoms with Crippen molar-refractivity contribution in [1.29, 1.82) is 0 Å². The number of aromatic amines is 1. The van der Waals surface area contributed by atoms with Gasteiger partial charge >= 0.3 is 0 Å². The highest BCUT2D eigenvalue weighted by molar-refractivity contribution is 7.99. The molecule has 3 aromatic rings. The van der Waals surface area contributed by atoms with Crippen molar-refractivity contribution in [2.75, 3.05) is 39.5 Å². The molecule has 0 aliphatic carbocycles. The lowest BCUT2D eigenvalue weighted by molar-refractivity contribution is 0.144. The minimum absolute atomic E-state index is 0.387. The van der Waals surface area contributed by atoms with Gasteiger partial charge in [-0.05, 0) is 32.4 Å². The second-order valence-electron chi connectivity index (χ2n) is 7.22. The smallest absolute Gasteiger partial charge is 0.181 e. The summed E-state index contributed by atoms with van der Waals surface area (Å²) in [5.41, 5.74) is 3.52. The molecule has 1 saturated heterocycles. The van der Waals surface area contributed by atoms with Crippen molar-refractivity contribution in [2.45, 2.75) is 18.7 Å². The van der Waals surface area contributed by atoms with Gasteiger partial charge in [0.25, 0.3) is 0 Å². The van der Waals surface area contributed by atoms with Gasteiger partial charge < -0.3 is 9.88 Å². The van der Waals surface area contributed by atoms with Gasteiger partial charge in [0.2, 0.25) is 0 Å². The Morgan fingerprint density at radius 3 is 2.61 bits per heavy atom. The first kappa shape index (κ1) is 19.6. The molecule has 8 heteroatoms. The third-order valence-corrected chi connectivity index (χ3v) is 6.59. The van der Waals surface area contributed by atoms with Gasteiger partial charge in [0.1, 0.15) is 17.2 Å². The summed E-state index contributed by atoms with van der Waals surface area (Å²) in [6, 6.07) is 7.72. The maximum atomic E-state index is 6.37. The number of piperazine rings is 1. The SMILES string of the molecule is CSC(Cc1nc(C)nc2nc(-c3ccccc3Cl)[nH]c12)N1CCN(C)CC1. The monoisotopic (exact) mass is 416 g/mol. The number of benzene rings is 1. The summed E-state index contributed by atoms with van der Waals surface area (Å²) in [4.78, 5) is 22.4. The van der Waals surface area contributed by atoms with Gasteiger partial charge in [0.05, 0.1) is 16.1 Å². The summed E-state index contributed by atoms with van der Waals surface area (Å²) >= 11 is 8.25. The Hall–Kier alpha value is -1.67. The van der Waals surface area contributed by atoms with Crippen LogP contribution < -0.4 is 0 Å². The molecule has 2 aromatic heterocycles. The van der Waals surface area contributed by atoms with Gasteiger partial charge in [0.15, 0.2) is 5.65 Å². The van der Waals surface area contributed by atoms with Crippen LogP contribution in [-0.4, -0.2) is 74.6 Å². The Kier molecular flexibility index (Phi) is 5.87. The summed E-state index contributed by atoms with van der Waals surface area (Å²) in [7, 11) is 2.18. The molecule has 1 atom stereocenters. The number of aromatic nitrogens is 4. The number of rotatable bonds is 5. The zero-order valence-corrected chi connectivity index (χ0v) is 18.0. The van der Waals surface area contributed by atoms with E-state index < -0.39 is 0 Å². The number of aryl methyl sites for hydroxylation is 1. The lowest BCUT2D eigenvalue weighted by atomic mass is 10.2. The average Bonchev–Trinajstić information content (AvgIpc) is 3.11. The van der Waals surface area contributed by atoms with Crippen LogP contribution in [0.25, 0.3) is 22.6 Å². The second kappa shape index (κ2) is 8.37. The fraction of sp³-hybridized carbons (Fsp3) is 0.450. The molecule has 148 valence electrons. The normalized spacial score (nSPS) is 17.3. The molecule has 3 heterocycles. The minimum Gasteiger partial charge on any atom is -0.335 e. The molecule has 0 radical (unpaired) electrons. The predicted octanol–water partition coefficient (Wildman–Crippen LogP) is 3.46. The number of likely N-dealkylation sites (N-methyl/N-ethyl adjacent to an activating group) is 1. The molecule has 4 rings (SSSR count). The van der Waals surface area contributed by atoms with Crippen molar-refractivity contribution in [3.05, 3.63) is 40.8 Å². The highest BCUT2D eigenvalue weighted by atomic mass is 35.5. The molecular formula is C20H25ClN6S. The molecule has 0 bridgehead atoms. The number of imidazole rings is 1. The zero-order chi connectivity index (χ0) is 19.7. The van der Waals surface area contributed by atoms with Crippen molar-refractivity contribution >= 4 is 34.5 Å². The second-order valence-corrected chi connectivity index (χ2v) is 8.64. The first-order valence-corrected chi connectivity index (χ1v) is 11.1. The van der Waals surface area contributed by atoms with E-state index in [1.165, 1.54) is 0 Å². The summed E-state index contributed by atoms with van der Waals surface area (Å²) < 4.78 is 0. The lowest BCUT2D eigenvalue weighted by Gasteiger charge is -2.37. The van der Waals surface area contributed by atoms with Gasteiger partial charge in [-0.15, -0.1) is 11.8 Å². The van der Waals surface area contributed by atoms with Crippen LogP contribution in [0.5, 0.6) is 0 Å². The van der Waals surface area contributed by atoms with E-state index in [1.807, 2.05) is 43.0 Å². The molecule has 1 fully saturated rings. The fourth-order valence-electron chi connectivity index (χ4n) is 3.64. The molecule has 0 saturated carbocycles. The molecule has 0 spiro atoms. The summed E-state index contributed by atoms with van der Waals surface area (Å²) in [5, 5.41) is 1.06. The molecule has 1 aliphatic heterocycles. The van der Waals surface area contributed by atoms with Crippen molar-refractivity contribution in [3.63, 3.8) is 0 Å². The number of hydrogen-bond acceptors (Lipinski definition) is 6. The topological polar surface area (TPSA) is 60.9 Å². The van der Waals surface area contributed by atoms with Gasteiger partial charge in [-0.25, -0.2) is 15.0 Å².